The summed E-state index contributed by atoms with van der Waals surface area (Å²) < 4.78 is 0. The second-order valence-corrected chi connectivity index (χ2v) is 7.59. The van der Waals surface area contributed by atoms with E-state index < -0.39 is 0 Å². The number of H-pyrrole nitrogens is 1. The maximum Gasteiger partial charge on any atom is 0.277 e. The number of amides is 1. The number of benzene rings is 2. The molecule has 5 heteroatoms. The number of nitrogens with zero attached hydrogens (tertiary/aromatic N) is 2. The Morgan fingerprint density at radius 2 is 1.80 bits per heavy atom. The van der Waals surface area contributed by atoms with Gasteiger partial charge in [0.05, 0.1) is 6.54 Å². The van der Waals surface area contributed by atoms with Gasteiger partial charge in [0.25, 0.3) is 11.5 Å². The molecule has 1 N–H and O–H groups in total. The lowest BCUT2D eigenvalue weighted by Crippen LogP contribution is -2.33. The molecule has 1 amide bonds. The number of hydrogen-bond acceptors (Lipinski definition) is 3. The average Bonchev–Trinajstić information content (AvgIpc) is 2.74. The normalized spacial score (nSPS) is 10.9. The van der Waals surface area contributed by atoms with Crippen LogP contribution < -0.4 is 10.5 Å². The first-order valence-electron chi connectivity index (χ1n) is 9.85. The van der Waals surface area contributed by atoms with Crippen molar-refractivity contribution in [1.82, 2.24) is 9.97 Å². The second kappa shape index (κ2) is 7.95. The molecule has 0 saturated heterocycles. The lowest BCUT2D eigenvalue weighted by molar-refractivity contribution is 0.0980. The zero-order chi connectivity index (χ0) is 21.3. The van der Waals surface area contributed by atoms with Gasteiger partial charge in [-0.25, -0.2) is 0 Å². The van der Waals surface area contributed by atoms with Gasteiger partial charge in [0, 0.05) is 23.0 Å². The van der Waals surface area contributed by atoms with Crippen molar-refractivity contribution in [2.24, 2.45) is 0 Å². The molecule has 0 radical (unpaired) electrons. The van der Waals surface area contributed by atoms with E-state index in [9.17, 15) is 9.59 Å². The first-order valence-corrected chi connectivity index (χ1v) is 9.85. The molecule has 0 spiro atoms. The largest absolute Gasteiger partial charge is 0.322 e. The highest BCUT2D eigenvalue weighted by Gasteiger charge is 2.21. The number of rotatable bonds is 4. The van der Waals surface area contributed by atoms with Gasteiger partial charge < -0.3 is 9.88 Å². The fourth-order valence-corrected chi connectivity index (χ4v) is 3.46. The first kappa shape index (κ1) is 19.6. The smallest absolute Gasteiger partial charge is 0.277 e. The lowest BCUT2D eigenvalue weighted by Gasteiger charge is -2.23. The highest BCUT2D eigenvalue weighted by molar-refractivity contribution is 6.04. The molecule has 2 heterocycles. The Labute approximate surface area is 175 Å². The van der Waals surface area contributed by atoms with Gasteiger partial charge in [-0.15, -0.1) is 0 Å². The summed E-state index contributed by atoms with van der Waals surface area (Å²) in [5.74, 6) is -0.248. The predicted molar refractivity (Wildman–Crippen MR) is 120 cm³/mol. The monoisotopic (exact) mass is 397 g/mol. The molecule has 0 fully saturated rings. The van der Waals surface area contributed by atoms with Crippen LogP contribution in [0.4, 0.5) is 5.69 Å². The SMILES string of the molecule is Cc1ccc2[nH]c(=O)c(CN(C(=O)c3ccccn3)c3ccc(C)c(C)c3)cc2c1. The number of aryl methyl sites for hydroxylation is 3. The number of carbonyl (C=O) groups is 1. The summed E-state index contributed by atoms with van der Waals surface area (Å²) in [6, 6.07) is 18.8. The minimum absolute atomic E-state index is 0.150. The van der Waals surface area contributed by atoms with E-state index in [0.717, 1.165) is 33.3 Å². The number of aromatic nitrogens is 2. The molecule has 0 saturated carbocycles. The molecule has 4 rings (SSSR count). The number of hydrogen-bond donors (Lipinski definition) is 1. The third-order valence-electron chi connectivity index (χ3n) is 5.34. The van der Waals surface area contributed by atoms with Crippen LogP contribution in [0, 0.1) is 20.8 Å². The molecule has 2 aromatic carbocycles. The number of pyridine rings is 2. The number of anilines is 1. The molecule has 0 bridgehead atoms. The molecule has 2 aromatic heterocycles. The third kappa shape index (κ3) is 3.87. The molecule has 0 unspecified atom stereocenters. The van der Waals surface area contributed by atoms with Crippen LogP contribution >= 0.6 is 0 Å². The van der Waals surface area contributed by atoms with Crippen molar-refractivity contribution >= 4 is 22.5 Å². The summed E-state index contributed by atoms with van der Waals surface area (Å²) in [6.45, 7) is 6.20. The van der Waals surface area contributed by atoms with E-state index in [0.29, 0.717) is 11.3 Å². The fraction of sp³-hybridized carbons (Fsp3) is 0.160. The van der Waals surface area contributed by atoms with E-state index in [-0.39, 0.29) is 18.0 Å². The molecule has 0 aliphatic carbocycles. The van der Waals surface area contributed by atoms with Crippen molar-refractivity contribution in [3.63, 3.8) is 0 Å². The zero-order valence-corrected chi connectivity index (χ0v) is 17.3. The third-order valence-corrected chi connectivity index (χ3v) is 5.34. The van der Waals surface area contributed by atoms with Crippen LogP contribution in [0.5, 0.6) is 0 Å². The van der Waals surface area contributed by atoms with Crippen molar-refractivity contribution in [3.05, 3.63) is 105 Å². The number of carbonyl (C=O) groups excluding carboxylic acids is 1. The number of fused-ring (bicyclic) bond motifs is 1. The van der Waals surface area contributed by atoms with Crippen molar-refractivity contribution in [3.8, 4) is 0 Å². The van der Waals surface area contributed by atoms with Crippen molar-refractivity contribution in [1.29, 1.82) is 0 Å². The zero-order valence-electron chi connectivity index (χ0n) is 17.3. The van der Waals surface area contributed by atoms with Crippen LogP contribution in [0.15, 0.2) is 71.7 Å². The molecule has 0 aliphatic heterocycles. The summed E-state index contributed by atoms with van der Waals surface area (Å²) in [7, 11) is 0. The van der Waals surface area contributed by atoms with Gasteiger partial charge in [-0.1, -0.05) is 23.8 Å². The van der Waals surface area contributed by atoms with Gasteiger partial charge >= 0.3 is 0 Å². The Morgan fingerprint density at radius 1 is 0.967 bits per heavy atom. The minimum atomic E-state index is -0.248. The van der Waals surface area contributed by atoms with E-state index in [1.807, 2.05) is 63.2 Å². The van der Waals surface area contributed by atoms with Crippen LogP contribution in [0.2, 0.25) is 0 Å². The number of nitrogens with one attached hydrogen (secondary N) is 1. The Kier molecular flexibility index (Phi) is 5.19. The maximum atomic E-state index is 13.3. The van der Waals surface area contributed by atoms with Crippen LogP contribution in [-0.4, -0.2) is 15.9 Å². The summed E-state index contributed by atoms with van der Waals surface area (Å²) in [5.41, 5.74) is 5.50. The standard InChI is InChI=1S/C25H23N3O2/c1-16-7-10-22-19(12-16)14-20(24(29)27-22)15-28(21-9-8-17(2)18(3)13-21)25(30)23-6-4-5-11-26-23/h4-14H,15H2,1-3H3,(H,27,29). The van der Waals surface area contributed by atoms with Crippen molar-refractivity contribution in [2.45, 2.75) is 27.3 Å². The van der Waals surface area contributed by atoms with Gasteiger partial charge in [0.2, 0.25) is 0 Å². The fourth-order valence-electron chi connectivity index (χ4n) is 3.46. The molecule has 150 valence electrons. The van der Waals surface area contributed by atoms with Gasteiger partial charge in [-0.05, 0) is 79.7 Å². The van der Waals surface area contributed by atoms with Gasteiger partial charge in [0.1, 0.15) is 5.69 Å². The summed E-state index contributed by atoms with van der Waals surface area (Å²) >= 11 is 0. The number of aromatic amines is 1. The summed E-state index contributed by atoms with van der Waals surface area (Å²) in [4.78, 5) is 34.8. The highest BCUT2D eigenvalue weighted by Crippen LogP contribution is 2.23. The van der Waals surface area contributed by atoms with E-state index >= 15 is 0 Å². The quantitative estimate of drug-likeness (QED) is 0.543. The molecule has 0 aliphatic rings. The highest BCUT2D eigenvalue weighted by atomic mass is 16.2. The molecule has 5 nitrogen and oxygen atoms in total. The van der Waals surface area contributed by atoms with E-state index in [1.165, 1.54) is 0 Å². The molecular weight excluding hydrogens is 374 g/mol. The summed E-state index contributed by atoms with van der Waals surface area (Å²) in [6.07, 6.45) is 1.59. The van der Waals surface area contributed by atoms with Crippen molar-refractivity contribution in [2.75, 3.05) is 4.90 Å². The summed E-state index contributed by atoms with van der Waals surface area (Å²) in [5, 5.41) is 0.940. The van der Waals surface area contributed by atoms with Crippen LogP contribution in [0.1, 0.15) is 32.7 Å². The average molecular weight is 397 g/mol. The molecule has 0 atom stereocenters. The Balaban J connectivity index is 1.81. The van der Waals surface area contributed by atoms with Crippen LogP contribution in [0.25, 0.3) is 10.9 Å². The van der Waals surface area contributed by atoms with E-state index in [1.54, 1.807) is 29.3 Å². The van der Waals surface area contributed by atoms with Gasteiger partial charge in [-0.2, -0.15) is 0 Å². The van der Waals surface area contributed by atoms with Gasteiger partial charge in [0.15, 0.2) is 0 Å². The first-order chi connectivity index (χ1) is 14.4. The minimum Gasteiger partial charge on any atom is -0.322 e. The van der Waals surface area contributed by atoms with Crippen LogP contribution in [-0.2, 0) is 6.54 Å². The Hall–Kier alpha value is -3.73. The second-order valence-electron chi connectivity index (χ2n) is 7.59. The van der Waals surface area contributed by atoms with Gasteiger partial charge in [-0.3, -0.25) is 14.6 Å². The molecular formula is C25H23N3O2. The van der Waals surface area contributed by atoms with E-state index in [4.69, 9.17) is 0 Å². The van der Waals surface area contributed by atoms with Crippen molar-refractivity contribution < 1.29 is 4.79 Å². The van der Waals surface area contributed by atoms with E-state index in [2.05, 4.69) is 9.97 Å². The Morgan fingerprint density at radius 3 is 2.53 bits per heavy atom. The molecule has 30 heavy (non-hydrogen) atoms. The predicted octanol–water partition coefficient (Wildman–Crippen LogP) is 4.70. The topological polar surface area (TPSA) is 66.1 Å². The molecule has 4 aromatic rings. The maximum absolute atomic E-state index is 13.3. The van der Waals surface area contributed by atoms with Crippen LogP contribution in [0.3, 0.4) is 0 Å². The Bertz CT molecular complexity index is 1290. The lowest BCUT2D eigenvalue weighted by atomic mass is 10.1.